The van der Waals surface area contributed by atoms with Gasteiger partial charge in [-0.25, -0.2) is 0 Å². The summed E-state index contributed by atoms with van der Waals surface area (Å²) < 4.78 is 6.84. The summed E-state index contributed by atoms with van der Waals surface area (Å²) in [6.07, 6.45) is 1.77. The number of rotatable bonds is 2. The van der Waals surface area contributed by atoms with Crippen LogP contribution < -0.4 is 16.0 Å². The van der Waals surface area contributed by atoms with E-state index in [1.54, 1.807) is 20.4 Å². The largest absolute Gasteiger partial charge is 0.496 e. The zero-order valence-electron chi connectivity index (χ0n) is 11.7. The lowest BCUT2D eigenvalue weighted by Crippen LogP contribution is -2.16. The highest BCUT2D eigenvalue weighted by atomic mass is 16.5. The monoisotopic (exact) mass is 258 g/mol. The molecule has 0 aliphatic rings. The predicted octanol–water partition coefficient (Wildman–Crippen LogP) is 2.26. The molecule has 0 unspecified atom stereocenters. The van der Waals surface area contributed by atoms with Gasteiger partial charge in [0.05, 0.1) is 7.11 Å². The van der Waals surface area contributed by atoms with E-state index in [0.717, 1.165) is 28.0 Å². The van der Waals surface area contributed by atoms with Crippen LogP contribution in [0, 0.1) is 13.8 Å². The van der Waals surface area contributed by atoms with E-state index in [-0.39, 0.29) is 5.56 Å². The van der Waals surface area contributed by atoms with Crippen molar-refractivity contribution in [1.82, 2.24) is 4.57 Å². The molecule has 2 N–H and O–H groups in total. The van der Waals surface area contributed by atoms with E-state index in [1.807, 2.05) is 26.0 Å². The lowest BCUT2D eigenvalue weighted by atomic mass is 9.98. The fourth-order valence-corrected chi connectivity index (χ4v) is 2.17. The SMILES string of the molecule is COc1cc(C)c(-c2cn(C)c(=O)cc2N)cc1C. The van der Waals surface area contributed by atoms with Gasteiger partial charge in [0.1, 0.15) is 5.75 Å². The van der Waals surface area contributed by atoms with E-state index in [0.29, 0.717) is 5.69 Å². The number of nitrogens with zero attached hydrogens (tertiary/aromatic N) is 1. The number of aryl methyl sites for hydroxylation is 3. The van der Waals surface area contributed by atoms with Crippen LogP contribution in [0.15, 0.2) is 29.2 Å². The van der Waals surface area contributed by atoms with E-state index < -0.39 is 0 Å². The van der Waals surface area contributed by atoms with Gasteiger partial charge in [-0.05, 0) is 42.7 Å². The number of hydrogen-bond donors (Lipinski definition) is 1. The van der Waals surface area contributed by atoms with Gasteiger partial charge in [0.25, 0.3) is 5.56 Å². The van der Waals surface area contributed by atoms with Crippen LogP contribution in [0.2, 0.25) is 0 Å². The quantitative estimate of drug-likeness (QED) is 0.899. The Balaban J connectivity index is 2.69. The van der Waals surface area contributed by atoms with Crippen molar-refractivity contribution in [3.05, 3.63) is 45.9 Å². The van der Waals surface area contributed by atoms with E-state index in [1.165, 1.54) is 10.6 Å². The second-order valence-corrected chi connectivity index (χ2v) is 4.73. The van der Waals surface area contributed by atoms with Gasteiger partial charge >= 0.3 is 0 Å². The highest BCUT2D eigenvalue weighted by Crippen LogP contribution is 2.32. The summed E-state index contributed by atoms with van der Waals surface area (Å²) in [6, 6.07) is 5.47. The van der Waals surface area contributed by atoms with Crippen LogP contribution in [0.4, 0.5) is 5.69 Å². The maximum atomic E-state index is 11.5. The third kappa shape index (κ3) is 2.34. The zero-order valence-corrected chi connectivity index (χ0v) is 11.7. The fourth-order valence-electron chi connectivity index (χ4n) is 2.17. The summed E-state index contributed by atoms with van der Waals surface area (Å²) in [5, 5.41) is 0. The van der Waals surface area contributed by atoms with Crippen molar-refractivity contribution < 1.29 is 4.74 Å². The van der Waals surface area contributed by atoms with Crippen LogP contribution in [0.3, 0.4) is 0 Å². The van der Waals surface area contributed by atoms with E-state index in [2.05, 4.69) is 0 Å². The lowest BCUT2D eigenvalue weighted by Gasteiger charge is -2.14. The van der Waals surface area contributed by atoms with Gasteiger partial charge in [-0.2, -0.15) is 0 Å². The van der Waals surface area contributed by atoms with Gasteiger partial charge in [0, 0.05) is 30.6 Å². The standard InChI is InChI=1S/C15H18N2O2/c1-9-6-14(19-4)10(2)5-11(9)12-8-17(3)15(18)7-13(12)16/h5-8H,16H2,1-4H3. The zero-order chi connectivity index (χ0) is 14.2. The Morgan fingerprint density at radius 2 is 1.79 bits per heavy atom. The average Bonchev–Trinajstić information content (AvgIpc) is 2.36. The summed E-state index contributed by atoms with van der Waals surface area (Å²) in [5.41, 5.74) is 10.3. The molecule has 1 heterocycles. The van der Waals surface area contributed by atoms with E-state index in [9.17, 15) is 4.79 Å². The maximum absolute atomic E-state index is 11.5. The molecule has 19 heavy (non-hydrogen) atoms. The molecule has 100 valence electrons. The number of methoxy groups -OCH3 is 1. The molecule has 2 rings (SSSR count). The molecule has 0 spiro atoms. The maximum Gasteiger partial charge on any atom is 0.252 e. The van der Waals surface area contributed by atoms with Crippen LogP contribution >= 0.6 is 0 Å². The molecule has 1 aromatic heterocycles. The molecular formula is C15H18N2O2. The Hall–Kier alpha value is -2.23. The van der Waals surface area contributed by atoms with Crippen LogP contribution in [-0.4, -0.2) is 11.7 Å². The normalized spacial score (nSPS) is 10.5. The average molecular weight is 258 g/mol. The van der Waals surface area contributed by atoms with Gasteiger partial charge in [0.2, 0.25) is 0 Å². The highest BCUT2D eigenvalue weighted by Gasteiger charge is 2.11. The van der Waals surface area contributed by atoms with E-state index in [4.69, 9.17) is 10.5 Å². The minimum absolute atomic E-state index is 0.107. The summed E-state index contributed by atoms with van der Waals surface area (Å²) >= 11 is 0. The second-order valence-electron chi connectivity index (χ2n) is 4.73. The van der Waals surface area contributed by atoms with Crippen molar-refractivity contribution in [2.75, 3.05) is 12.8 Å². The Morgan fingerprint density at radius 3 is 2.42 bits per heavy atom. The Labute approximate surface area is 112 Å². The van der Waals surface area contributed by atoms with Crippen LogP contribution in [-0.2, 0) is 7.05 Å². The van der Waals surface area contributed by atoms with Crippen LogP contribution in [0.5, 0.6) is 5.75 Å². The minimum atomic E-state index is -0.107. The van der Waals surface area contributed by atoms with Gasteiger partial charge < -0.3 is 15.0 Å². The summed E-state index contributed by atoms with van der Waals surface area (Å²) in [7, 11) is 3.37. The number of benzene rings is 1. The Bertz CT molecular complexity index is 687. The molecule has 0 aliphatic carbocycles. The second kappa shape index (κ2) is 4.80. The number of ether oxygens (including phenoxy) is 1. The number of aromatic nitrogens is 1. The fraction of sp³-hybridized carbons (Fsp3) is 0.267. The molecule has 0 amide bonds. The van der Waals surface area contributed by atoms with Crippen molar-refractivity contribution in [3.8, 4) is 16.9 Å². The molecular weight excluding hydrogens is 240 g/mol. The third-order valence-corrected chi connectivity index (χ3v) is 3.29. The van der Waals surface area contributed by atoms with Crippen molar-refractivity contribution in [3.63, 3.8) is 0 Å². The van der Waals surface area contributed by atoms with Crippen LogP contribution in [0.1, 0.15) is 11.1 Å². The summed E-state index contributed by atoms with van der Waals surface area (Å²) in [6.45, 7) is 3.99. The molecule has 0 atom stereocenters. The number of hydrogen-bond acceptors (Lipinski definition) is 3. The van der Waals surface area contributed by atoms with Crippen molar-refractivity contribution >= 4 is 5.69 Å². The smallest absolute Gasteiger partial charge is 0.252 e. The van der Waals surface area contributed by atoms with Gasteiger partial charge in [0.15, 0.2) is 0 Å². The Kier molecular flexibility index (Phi) is 3.34. The molecule has 4 heteroatoms. The minimum Gasteiger partial charge on any atom is -0.496 e. The molecule has 0 saturated carbocycles. The first-order valence-corrected chi connectivity index (χ1v) is 6.05. The first kappa shape index (κ1) is 13.2. The third-order valence-electron chi connectivity index (χ3n) is 3.29. The van der Waals surface area contributed by atoms with Crippen molar-refractivity contribution in [2.24, 2.45) is 7.05 Å². The first-order chi connectivity index (χ1) is 8.93. The molecule has 0 radical (unpaired) electrons. The summed E-state index contributed by atoms with van der Waals surface area (Å²) in [5.74, 6) is 0.852. The first-order valence-electron chi connectivity index (χ1n) is 6.05. The molecule has 1 aromatic carbocycles. The predicted molar refractivity (Wildman–Crippen MR) is 77.6 cm³/mol. The molecule has 2 aromatic rings. The molecule has 0 fully saturated rings. The van der Waals surface area contributed by atoms with Crippen molar-refractivity contribution in [1.29, 1.82) is 0 Å². The van der Waals surface area contributed by atoms with Gasteiger partial charge in [-0.1, -0.05) is 0 Å². The number of nitrogens with two attached hydrogens (primary N) is 1. The molecule has 0 aliphatic heterocycles. The molecule has 0 saturated heterocycles. The van der Waals surface area contributed by atoms with Crippen LogP contribution in [0.25, 0.3) is 11.1 Å². The highest BCUT2D eigenvalue weighted by molar-refractivity contribution is 5.78. The molecule has 4 nitrogen and oxygen atoms in total. The lowest BCUT2D eigenvalue weighted by molar-refractivity contribution is 0.411. The summed E-state index contributed by atoms with van der Waals surface area (Å²) in [4.78, 5) is 11.5. The van der Waals surface area contributed by atoms with Crippen molar-refractivity contribution in [2.45, 2.75) is 13.8 Å². The van der Waals surface area contributed by atoms with E-state index >= 15 is 0 Å². The topological polar surface area (TPSA) is 57.2 Å². The number of anilines is 1. The molecule has 0 bridgehead atoms. The van der Waals surface area contributed by atoms with Gasteiger partial charge in [-0.3, -0.25) is 4.79 Å². The number of nitrogen functional groups attached to an aromatic ring is 1. The number of pyridine rings is 1. The van der Waals surface area contributed by atoms with Gasteiger partial charge in [-0.15, -0.1) is 0 Å². The Morgan fingerprint density at radius 1 is 1.11 bits per heavy atom.